The van der Waals surface area contributed by atoms with Gasteiger partial charge in [-0.1, -0.05) is 50.2 Å². The number of nitrogens with one attached hydrogen (secondary N) is 1. The van der Waals surface area contributed by atoms with E-state index in [0.717, 1.165) is 17.5 Å². The first-order chi connectivity index (χ1) is 11.0. The molecule has 120 valence electrons. The summed E-state index contributed by atoms with van der Waals surface area (Å²) < 4.78 is 0. The van der Waals surface area contributed by atoms with Gasteiger partial charge in [-0.3, -0.25) is 4.79 Å². The molecule has 0 aliphatic heterocycles. The third kappa shape index (κ3) is 5.62. The number of rotatable bonds is 6. The molecule has 0 bridgehead atoms. The Balaban J connectivity index is 1.78. The highest BCUT2D eigenvalue weighted by Crippen LogP contribution is 2.15. The summed E-state index contributed by atoms with van der Waals surface area (Å²) >= 11 is 0. The molecule has 2 aromatic carbocycles. The zero-order valence-electron chi connectivity index (χ0n) is 13.6. The normalized spacial score (nSPS) is 11.1. The molecule has 2 rings (SSSR count). The summed E-state index contributed by atoms with van der Waals surface area (Å²) in [5.41, 5.74) is 3.39. The Morgan fingerprint density at radius 1 is 1.09 bits per heavy atom. The van der Waals surface area contributed by atoms with Crippen molar-refractivity contribution in [1.82, 2.24) is 5.32 Å². The van der Waals surface area contributed by atoms with E-state index in [-0.39, 0.29) is 11.7 Å². The van der Waals surface area contributed by atoms with Crippen LogP contribution in [0, 0.1) is 0 Å². The van der Waals surface area contributed by atoms with Gasteiger partial charge in [0.1, 0.15) is 5.75 Å². The highest BCUT2D eigenvalue weighted by Gasteiger charge is 1.99. The largest absolute Gasteiger partial charge is 0.508 e. The van der Waals surface area contributed by atoms with E-state index in [1.54, 1.807) is 18.2 Å². The van der Waals surface area contributed by atoms with Crippen molar-refractivity contribution in [2.75, 3.05) is 6.54 Å². The Morgan fingerprint density at radius 3 is 2.35 bits per heavy atom. The number of phenols is 1. The first kappa shape index (κ1) is 16.8. The lowest BCUT2D eigenvalue weighted by molar-refractivity contribution is -0.116. The van der Waals surface area contributed by atoms with Crippen molar-refractivity contribution in [3.05, 3.63) is 71.3 Å². The first-order valence-corrected chi connectivity index (χ1v) is 7.88. The van der Waals surface area contributed by atoms with Crippen LogP contribution >= 0.6 is 0 Å². The Kier molecular flexibility index (Phi) is 5.98. The van der Waals surface area contributed by atoms with Crippen LogP contribution in [0.4, 0.5) is 0 Å². The molecule has 2 N–H and O–H groups in total. The molecule has 23 heavy (non-hydrogen) atoms. The van der Waals surface area contributed by atoms with Crippen LogP contribution in [0.15, 0.2) is 54.6 Å². The minimum absolute atomic E-state index is 0.100. The molecule has 0 atom stereocenters. The predicted molar refractivity (Wildman–Crippen MR) is 94.4 cm³/mol. The fourth-order valence-corrected chi connectivity index (χ4v) is 2.22. The molecule has 0 aliphatic carbocycles. The summed E-state index contributed by atoms with van der Waals surface area (Å²) in [5.74, 6) is 0.664. The molecule has 0 saturated carbocycles. The van der Waals surface area contributed by atoms with E-state index in [4.69, 9.17) is 0 Å². The number of aromatic hydroxyl groups is 1. The van der Waals surface area contributed by atoms with E-state index in [9.17, 15) is 9.90 Å². The molecule has 0 aromatic heterocycles. The zero-order chi connectivity index (χ0) is 16.7. The number of amides is 1. The third-order valence-corrected chi connectivity index (χ3v) is 3.68. The van der Waals surface area contributed by atoms with Gasteiger partial charge in [-0.15, -0.1) is 0 Å². The second-order valence-corrected chi connectivity index (χ2v) is 5.86. The number of carbonyl (C=O) groups is 1. The molecular formula is C20H23NO2. The first-order valence-electron chi connectivity index (χ1n) is 7.88. The Hall–Kier alpha value is -2.55. The van der Waals surface area contributed by atoms with Crippen LogP contribution in [-0.2, 0) is 11.2 Å². The molecule has 0 fully saturated rings. The fraction of sp³-hybridized carbons (Fsp3) is 0.250. The van der Waals surface area contributed by atoms with Crippen LogP contribution in [0.1, 0.15) is 36.5 Å². The maximum absolute atomic E-state index is 11.8. The summed E-state index contributed by atoms with van der Waals surface area (Å²) in [6.45, 7) is 4.89. The topological polar surface area (TPSA) is 49.3 Å². The van der Waals surface area contributed by atoms with Crippen molar-refractivity contribution in [1.29, 1.82) is 0 Å². The average molecular weight is 309 g/mol. The van der Waals surface area contributed by atoms with Gasteiger partial charge in [-0.25, -0.2) is 0 Å². The quantitative estimate of drug-likeness (QED) is 0.795. The molecule has 1 amide bonds. The molecule has 3 heteroatoms. The van der Waals surface area contributed by atoms with Crippen LogP contribution < -0.4 is 5.32 Å². The number of phenolic OH excluding ortho intramolecular Hbond substituents is 1. The Labute approximate surface area is 137 Å². The molecule has 0 unspecified atom stereocenters. The average Bonchev–Trinajstić information content (AvgIpc) is 2.55. The van der Waals surface area contributed by atoms with Crippen molar-refractivity contribution >= 4 is 12.0 Å². The molecule has 3 nitrogen and oxygen atoms in total. The molecule has 0 saturated heterocycles. The molecular weight excluding hydrogens is 286 g/mol. The lowest BCUT2D eigenvalue weighted by atomic mass is 10.0. The van der Waals surface area contributed by atoms with Gasteiger partial charge in [-0.2, -0.15) is 0 Å². The fourth-order valence-electron chi connectivity index (χ4n) is 2.22. The van der Waals surface area contributed by atoms with Crippen LogP contribution in [0.2, 0.25) is 0 Å². The number of hydrogen-bond acceptors (Lipinski definition) is 2. The van der Waals surface area contributed by atoms with Gasteiger partial charge < -0.3 is 10.4 Å². The van der Waals surface area contributed by atoms with E-state index in [1.165, 1.54) is 5.56 Å². The molecule has 0 radical (unpaired) electrons. The van der Waals surface area contributed by atoms with Crippen LogP contribution in [0.3, 0.4) is 0 Å². The minimum Gasteiger partial charge on any atom is -0.508 e. The van der Waals surface area contributed by atoms with Gasteiger partial charge in [0.15, 0.2) is 0 Å². The van der Waals surface area contributed by atoms with E-state index >= 15 is 0 Å². The summed E-state index contributed by atoms with van der Waals surface area (Å²) in [4.78, 5) is 11.8. The van der Waals surface area contributed by atoms with E-state index in [2.05, 4.69) is 31.3 Å². The molecule has 0 aliphatic rings. The summed E-state index contributed by atoms with van der Waals surface area (Å²) in [6.07, 6.45) is 4.12. The van der Waals surface area contributed by atoms with Crippen LogP contribution in [0.5, 0.6) is 5.75 Å². The van der Waals surface area contributed by atoms with E-state index in [1.807, 2.05) is 30.3 Å². The van der Waals surface area contributed by atoms with Gasteiger partial charge in [0.2, 0.25) is 5.91 Å². The lowest BCUT2D eigenvalue weighted by Crippen LogP contribution is -2.23. The van der Waals surface area contributed by atoms with Crippen molar-refractivity contribution < 1.29 is 9.90 Å². The van der Waals surface area contributed by atoms with Crippen molar-refractivity contribution in [3.63, 3.8) is 0 Å². The molecule has 0 heterocycles. The van der Waals surface area contributed by atoms with Gasteiger partial charge in [0.05, 0.1) is 0 Å². The maximum atomic E-state index is 11.8. The lowest BCUT2D eigenvalue weighted by Gasteiger charge is -2.05. The second-order valence-electron chi connectivity index (χ2n) is 5.86. The van der Waals surface area contributed by atoms with Crippen molar-refractivity contribution in [2.45, 2.75) is 26.2 Å². The standard InChI is InChI=1S/C20H23NO2/c1-15(2)18-8-3-16(4-9-18)7-12-20(23)21-14-13-17-5-10-19(22)11-6-17/h3-12,15,22H,13-14H2,1-2H3,(H,21,23)/b12-7+. The summed E-state index contributed by atoms with van der Waals surface area (Å²) in [7, 11) is 0. The van der Waals surface area contributed by atoms with E-state index in [0.29, 0.717) is 12.5 Å². The third-order valence-electron chi connectivity index (χ3n) is 3.68. The van der Waals surface area contributed by atoms with Crippen molar-refractivity contribution in [2.24, 2.45) is 0 Å². The van der Waals surface area contributed by atoms with E-state index < -0.39 is 0 Å². The van der Waals surface area contributed by atoms with Crippen LogP contribution in [-0.4, -0.2) is 17.6 Å². The zero-order valence-corrected chi connectivity index (χ0v) is 13.6. The predicted octanol–water partition coefficient (Wildman–Crippen LogP) is 3.89. The highest BCUT2D eigenvalue weighted by atomic mass is 16.3. The number of benzene rings is 2. The van der Waals surface area contributed by atoms with Gasteiger partial charge in [-0.05, 0) is 47.2 Å². The summed E-state index contributed by atoms with van der Waals surface area (Å²) in [5, 5.41) is 12.1. The Bertz CT molecular complexity index is 655. The molecule has 2 aromatic rings. The minimum atomic E-state index is -0.100. The monoisotopic (exact) mass is 309 g/mol. The number of hydrogen-bond donors (Lipinski definition) is 2. The highest BCUT2D eigenvalue weighted by molar-refractivity contribution is 5.91. The van der Waals surface area contributed by atoms with Crippen molar-refractivity contribution in [3.8, 4) is 5.75 Å². The second kappa shape index (κ2) is 8.18. The van der Waals surface area contributed by atoms with Gasteiger partial charge in [0, 0.05) is 12.6 Å². The smallest absolute Gasteiger partial charge is 0.244 e. The Morgan fingerprint density at radius 2 is 1.74 bits per heavy atom. The van der Waals surface area contributed by atoms with Gasteiger partial charge >= 0.3 is 0 Å². The van der Waals surface area contributed by atoms with Crippen LogP contribution in [0.25, 0.3) is 6.08 Å². The maximum Gasteiger partial charge on any atom is 0.244 e. The number of carbonyl (C=O) groups excluding carboxylic acids is 1. The summed E-state index contributed by atoms with van der Waals surface area (Å²) in [6, 6.07) is 15.2. The van der Waals surface area contributed by atoms with Gasteiger partial charge in [0.25, 0.3) is 0 Å². The SMILES string of the molecule is CC(C)c1ccc(/C=C/C(=O)NCCc2ccc(O)cc2)cc1. The molecule has 0 spiro atoms.